The van der Waals surface area contributed by atoms with Crippen LogP contribution in [0.5, 0.6) is 0 Å². The molecular formula is C30H39N7O. The standard InChI is InChI=1S/C30H39N7O/c31-29-27-28(23-6-11-26-22(18-23)12-13-36(26)19-21-4-2-1-3-5-21)34-37(30(27)33-20-32-29)25-9-7-24(8-10-25)35-14-16-38-17-15-35/h6,11-13,18,20-21,24-25H,1-5,7-10,14-17,19H2,(H2,31,32,33). The SMILES string of the molecule is Nc1ncnc2c1c(-c1ccc3c(ccn3CC3CCCCC3)c1)nn2C1CCC(N2CCOCC2)CC1. The van der Waals surface area contributed by atoms with Gasteiger partial charge >= 0.3 is 0 Å². The van der Waals surface area contributed by atoms with Crippen LogP contribution in [0, 0.1) is 5.92 Å². The van der Waals surface area contributed by atoms with Crippen molar-refractivity contribution in [1.29, 1.82) is 0 Å². The third kappa shape index (κ3) is 4.47. The largest absolute Gasteiger partial charge is 0.383 e. The van der Waals surface area contributed by atoms with E-state index in [1.807, 2.05) is 0 Å². The van der Waals surface area contributed by atoms with Gasteiger partial charge < -0.3 is 15.0 Å². The highest BCUT2D eigenvalue weighted by molar-refractivity contribution is 6.00. The van der Waals surface area contributed by atoms with Crippen molar-refractivity contribution in [3.8, 4) is 11.3 Å². The molecule has 2 N–H and O–H groups in total. The Morgan fingerprint density at radius 2 is 1.68 bits per heavy atom. The Morgan fingerprint density at radius 1 is 0.895 bits per heavy atom. The van der Waals surface area contributed by atoms with Gasteiger partial charge in [-0.25, -0.2) is 14.6 Å². The zero-order chi connectivity index (χ0) is 25.5. The van der Waals surface area contributed by atoms with Gasteiger partial charge in [-0.3, -0.25) is 4.90 Å². The Labute approximate surface area is 224 Å². The number of aromatic nitrogens is 5. The fourth-order valence-electron chi connectivity index (χ4n) is 7.22. The first-order valence-electron chi connectivity index (χ1n) is 14.6. The molecule has 8 heteroatoms. The van der Waals surface area contributed by atoms with Crippen molar-refractivity contribution in [2.75, 3.05) is 32.0 Å². The van der Waals surface area contributed by atoms with Gasteiger partial charge in [-0.1, -0.05) is 25.3 Å². The van der Waals surface area contributed by atoms with E-state index in [0.717, 1.165) is 73.9 Å². The van der Waals surface area contributed by atoms with E-state index in [2.05, 4.69) is 54.6 Å². The van der Waals surface area contributed by atoms with Crippen molar-refractivity contribution in [2.45, 2.75) is 76.4 Å². The van der Waals surface area contributed by atoms with Crippen molar-refractivity contribution in [3.05, 3.63) is 36.8 Å². The predicted molar refractivity (Wildman–Crippen MR) is 151 cm³/mol. The first kappa shape index (κ1) is 24.1. The second-order valence-corrected chi connectivity index (χ2v) is 11.6. The lowest BCUT2D eigenvalue weighted by Gasteiger charge is -2.38. The smallest absolute Gasteiger partial charge is 0.164 e. The zero-order valence-electron chi connectivity index (χ0n) is 22.3. The van der Waals surface area contributed by atoms with E-state index in [4.69, 9.17) is 15.6 Å². The van der Waals surface area contributed by atoms with E-state index in [1.54, 1.807) is 6.33 Å². The third-order valence-electron chi connectivity index (χ3n) is 9.32. The maximum atomic E-state index is 6.45. The highest BCUT2D eigenvalue weighted by Crippen LogP contribution is 2.38. The molecule has 2 aliphatic carbocycles. The molecule has 4 aromatic rings. The van der Waals surface area contributed by atoms with Crippen molar-refractivity contribution < 1.29 is 4.74 Å². The zero-order valence-corrected chi connectivity index (χ0v) is 22.3. The maximum Gasteiger partial charge on any atom is 0.164 e. The van der Waals surface area contributed by atoms with Crippen molar-refractivity contribution in [2.24, 2.45) is 5.92 Å². The molecule has 0 unspecified atom stereocenters. The van der Waals surface area contributed by atoms with E-state index in [1.165, 1.54) is 55.8 Å². The fourth-order valence-corrected chi connectivity index (χ4v) is 7.22. The Kier molecular flexibility index (Phi) is 6.53. The summed E-state index contributed by atoms with van der Waals surface area (Å²) in [6, 6.07) is 9.95. The summed E-state index contributed by atoms with van der Waals surface area (Å²) in [5, 5.41) is 7.31. The molecule has 0 bridgehead atoms. The van der Waals surface area contributed by atoms with E-state index in [9.17, 15) is 0 Å². The summed E-state index contributed by atoms with van der Waals surface area (Å²) in [6.45, 7) is 4.95. The van der Waals surface area contributed by atoms with Crippen LogP contribution >= 0.6 is 0 Å². The number of nitrogen functional groups attached to an aromatic ring is 1. The summed E-state index contributed by atoms with van der Waals surface area (Å²) < 4.78 is 10.2. The number of rotatable bonds is 5. The van der Waals surface area contributed by atoms with Gasteiger partial charge in [-0.2, -0.15) is 5.10 Å². The van der Waals surface area contributed by atoms with E-state index in [0.29, 0.717) is 17.9 Å². The summed E-state index contributed by atoms with van der Waals surface area (Å²) in [6.07, 6.45) is 15.3. The molecular weight excluding hydrogens is 474 g/mol. The topological polar surface area (TPSA) is 87.0 Å². The van der Waals surface area contributed by atoms with Crippen LogP contribution < -0.4 is 5.73 Å². The molecule has 3 fully saturated rings. The van der Waals surface area contributed by atoms with Gasteiger partial charge in [0, 0.05) is 48.3 Å². The average molecular weight is 514 g/mol. The first-order chi connectivity index (χ1) is 18.7. The Bertz CT molecular complexity index is 1410. The number of hydrogen-bond acceptors (Lipinski definition) is 6. The molecule has 2 saturated carbocycles. The van der Waals surface area contributed by atoms with Gasteiger partial charge in [0.05, 0.1) is 24.6 Å². The Balaban J connectivity index is 1.17. The van der Waals surface area contributed by atoms with Crippen LogP contribution in [0.4, 0.5) is 5.82 Å². The summed E-state index contributed by atoms with van der Waals surface area (Å²) in [4.78, 5) is 11.6. The normalized spacial score (nSPS) is 23.9. The Hall–Kier alpha value is -2.97. The number of hydrogen-bond donors (Lipinski definition) is 1. The van der Waals surface area contributed by atoms with Gasteiger partial charge in [-0.15, -0.1) is 0 Å². The van der Waals surface area contributed by atoms with Gasteiger partial charge in [0.2, 0.25) is 0 Å². The molecule has 3 aliphatic rings. The van der Waals surface area contributed by atoms with Crippen LogP contribution in [0.25, 0.3) is 33.2 Å². The second-order valence-electron chi connectivity index (χ2n) is 11.6. The van der Waals surface area contributed by atoms with Crippen LogP contribution in [-0.2, 0) is 11.3 Å². The van der Waals surface area contributed by atoms with Gasteiger partial charge in [-0.05, 0) is 62.6 Å². The Morgan fingerprint density at radius 3 is 2.50 bits per heavy atom. The lowest BCUT2D eigenvalue weighted by atomic mass is 9.89. The number of morpholine rings is 1. The maximum absolute atomic E-state index is 6.45. The van der Waals surface area contributed by atoms with Crippen LogP contribution in [0.3, 0.4) is 0 Å². The lowest BCUT2D eigenvalue weighted by molar-refractivity contribution is 0.00520. The number of nitrogens with zero attached hydrogens (tertiary/aromatic N) is 6. The van der Waals surface area contributed by atoms with Crippen LogP contribution in [0.1, 0.15) is 63.8 Å². The molecule has 0 atom stereocenters. The molecule has 0 radical (unpaired) electrons. The molecule has 1 saturated heterocycles. The number of benzene rings is 1. The van der Waals surface area contributed by atoms with Crippen molar-refractivity contribution >= 4 is 27.8 Å². The highest BCUT2D eigenvalue weighted by atomic mass is 16.5. The highest BCUT2D eigenvalue weighted by Gasteiger charge is 2.30. The van der Waals surface area contributed by atoms with Gasteiger partial charge in [0.25, 0.3) is 0 Å². The molecule has 3 aromatic heterocycles. The molecule has 0 spiro atoms. The van der Waals surface area contributed by atoms with Crippen LogP contribution in [-0.4, -0.2) is 61.6 Å². The van der Waals surface area contributed by atoms with Crippen LogP contribution in [0.2, 0.25) is 0 Å². The van der Waals surface area contributed by atoms with Crippen LogP contribution in [0.15, 0.2) is 36.8 Å². The summed E-state index contributed by atoms with van der Waals surface area (Å²) >= 11 is 0. The molecule has 1 aliphatic heterocycles. The van der Waals surface area contributed by atoms with Crippen molar-refractivity contribution in [1.82, 2.24) is 29.2 Å². The molecule has 200 valence electrons. The quantitative estimate of drug-likeness (QED) is 0.383. The molecule has 0 amide bonds. The minimum absolute atomic E-state index is 0.332. The van der Waals surface area contributed by atoms with Gasteiger partial charge in [0.1, 0.15) is 17.8 Å². The first-order valence-corrected chi connectivity index (χ1v) is 14.6. The van der Waals surface area contributed by atoms with E-state index in [-0.39, 0.29) is 0 Å². The molecule has 38 heavy (non-hydrogen) atoms. The minimum atomic E-state index is 0.332. The third-order valence-corrected chi connectivity index (χ3v) is 9.32. The number of ether oxygens (including phenoxy) is 1. The lowest BCUT2D eigenvalue weighted by Crippen LogP contribution is -2.45. The molecule has 7 rings (SSSR count). The summed E-state index contributed by atoms with van der Waals surface area (Å²) in [5.41, 5.74) is 10.6. The van der Waals surface area contributed by atoms with Gasteiger partial charge in [0.15, 0.2) is 5.65 Å². The molecule has 4 heterocycles. The average Bonchev–Trinajstić information content (AvgIpc) is 3.56. The molecule has 8 nitrogen and oxygen atoms in total. The van der Waals surface area contributed by atoms with E-state index < -0.39 is 0 Å². The number of nitrogens with two attached hydrogens (primary N) is 1. The summed E-state index contributed by atoms with van der Waals surface area (Å²) in [5.74, 6) is 1.31. The minimum Gasteiger partial charge on any atom is -0.383 e. The predicted octanol–water partition coefficient (Wildman–Crippen LogP) is 5.43. The summed E-state index contributed by atoms with van der Waals surface area (Å²) in [7, 11) is 0. The monoisotopic (exact) mass is 513 g/mol. The van der Waals surface area contributed by atoms with E-state index >= 15 is 0 Å². The fraction of sp³-hybridized carbons (Fsp3) is 0.567. The molecule has 1 aromatic carbocycles. The number of fused-ring (bicyclic) bond motifs is 2. The number of anilines is 1. The van der Waals surface area contributed by atoms with Crippen molar-refractivity contribution in [3.63, 3.8) is 0 Å². The second kappa shape index (κ2) is 10.3.